The van der Waals surface area contributed by atoms with Gasteiger partial charge < -0.3 is 15.8 Å². The van der Waals surface area contributed by atoms with Crippen molar-refractivity contribution in [3.8, 4) is 5.75 Å². The van der Waals surface area contributed by atoms with Crippen molar-refractivity contribution in [2.75, 3.05) is 5.32 Å². The van der Waals surface area contributed by atoms with Crippen LogP contribution in [0, 0.1) is 5.92 Å². The minimum atomic E-state index is -2.86. The fourth-order valence-electron chi connectivity index (χ4n) is 1.57. The van der Waals surface area contributed by atoms with E-state index in [2.05, 4.69) is 10.1 Å². The number of halogens is 2. The van der Waals surface area contributed by atoms with Crippen molar-refractivity contribution in [1.29, 1.82) is 0 Å². The lowest BCUT2D eigenvalue weighted by Crippen LogP contribution is -2.36. The van der Waals surface area contributed by atoms with E-state index in [-0.39, 0.29) is 11.7 Å². The minimum absolute atomic E-state index is 0.0412. The molecule has 19 heavy (non-hydrogen) atoms. The Morgan fingerprint density at radius 3 is 2.37 bits per heavy atom. The van der Waals surface area contributed by atoms with Gasteiger partial charge in [-0.25, -0.2) is 0 Å². The van der Waals surface area contributed by atoms with Crippen molar-refractivity contribution < 1.29 is 18.3 Å². The molecule has 0 aliphatic heterocycles. The summed E-state index contributed by atoms with van der Waals surface area (Å²) in [7, 11) is 0. The second-order valence-corrected chi connectivity index (χ2v) is 4.63. The monoisotopic (exact) mass is 272 g/mol. The van der Waals surface area contributed by atoms with Crippen molar-refractivity contribution >= 4 is 11.6 Å². The van der Waals surface area contributed by atoms with Crippen LogP contribution in [0.5, 0.6) is 5.75 Å². The second kappa shape index (κ2) is 7.04. The number of carbonyl (C=O) groups excluding carboxylic acids is 1. The average molecular weight is 272 g/mol. The Labute approximate surface area is 110 Å². The van der Waals surface area contributed by atoms with E-state index in [9.17, 15) is 13.6 Å². The number of benzene rings is 1. The standard InChI is InChI=1S/C13H18F2N2O2/c1-8(2)7-11(16)12(18)17-9-3-5-10(6-4-9)19-13(14)15/h3-6,8,11,13H,7,16H2,1-2H3,(H,17,18)/t11-/m0/s1. The molecule has 0 fully saturated rings. The quantitative estimate of drug-likeness (QED) is 0.836. The lowest BCUT2D eigenvalue weighted by Gasteiger charge is -2.14. The SMILES string of the molecule is CC(C)C[C@H](N)C(=O)Nc1ccc(OC(F)F)cc1. The maximum atomic E-state index is 11.9. The highest BCUT2D eigenvalue weighted by Crippen LogP contribution is 2.18. The number of nitrogens with two attached hydrogens (primary N) is 1. The summed E-state index contributed by atoms with van der Waals surface area (Å²) < 4.78 is 28.1. The third-order valence-corrected chi connectivity index (χ3v) is 2.41. The third kappa shape index (κ3) is 5.65. The van der Waals surface area contributed by atoms with E-state index in [1.54, 1.807) is 0 Å². The van der Waals surface area contributed by atoms with Crippen LogP contribution in [0.2, 0.25) is 0 Å². The molecule has 0 aliphatic rings. The molecule has 0 aliphatic carbocycles. The molecular formula is C13H18F2N2O2. The molecule has 4 nitrogen and oxygen atoms in total. The van der Waals surface area contributed by atoms with Gasteiger partial charge in [0.05, 0.1) is 6.04 Å². The number of carbonyl (C=O) groups is 1. The molecule has 1 amide bonds. The predicted molar refractivity (Wildman–Crippen MR) is 69.1 cm³/mol. The molecule has 0 saturated carbocycles. The van der Waals surface area contributed by atoms with Gasteiger partial charge in [-0.15, -0.1) is 0 Å². The first-order chi connectivity index (χ1) is 8.88. The minimum Gasteiger partial charge on any atom is -0.435 e. The lowest BCUT2D eigenvalue weighted by atomic mass is 10.0. The van der Waals surface area contributed by atoms with Crippen molar-refractivity contribution in [3.63, 3.8) is 0 Å². The molecule has 106 valence electrons. The summed E-state index contributed by atoms with van der Waals surface area (Å²) in [5.74, 6) is 0.0678. The highest BCUT2D eigenvalue weighted by atomic mass is 19.3. The third-order valence-electron chi connectivity index (χ3n) is 2.41. The summed E-state index contributed by atoms with van der Waals surface area (Å²) in [4.78, 5) is 11.7. The molecule has 0 saturated heterocycles. The zero-order chi connectivity index (χ0) is 14.4. The largest absolute Gasteiger partial charge is 0.435 e. The molecular weight excluding hydrogens is 254 g/mol. The van der Waals surface area contributed by atoms with Crippen LogP contribution in [-0.4, -0.2) is 18.6 Å². The molecule has 0 bridgehead atoms. The van der Waals surface area contributed by atoms with Crippen LogP contribution >= 0.6 is 0 Å². The number of nitrogens with one attached hydrogen (secondary N) is 1. The molecule has 0 spiro atoms. The molecule has 1 atom stereocenters. The lowest BCUT2D eigenvalue weighted by molar-refractivity contribution is -0.117. The highest BCUT2D eigenvalue weighted by molar-refractivity contribution is 5.94. The van der Waals surface area contributed by atoms with Gasteiger partial charge in [0.1, 0.15) is 5.75 Å². The number of anilines is 1. The van der Waals surface area contributed by atoms with Crippen molar-refractivity contribution in [3.05, 3.63) is 24.3 Å². The van der Waals surface area contributed by atoms with Gasteiger partial charge in [-0.3, -0.25) is 4.79 Å². The molecule has 1 rings (SSSR count). The number of ether oxygens (including phenoxy) is 1. The van der Waals surface area contributed by atoms with Gasteiger partial charge in [0, 0.05) is 5.69 Å². The zero-order valence-corrected chi connectivity index (χ0v) is 10.9. The Kier molecular flexibility index (Phi) is 5.69. The summed E-state index contributed by atoms with van der Waals surface area (Å²) >= 11 is 0. The van der Waals surface area contributed by atoms with Gasteiger partial charge in [-0.1, -0.05) is 13.8 Å². The van der Waals surface area contributed by atoms with E-state index in [0.717, 1.165) is 0 Å². The Balaban J connectivity index is 2.55. The van der Waals surface area contributed by atoms with Gasteiger partial charge in [-0.05, 0) is 36.6 Å². The van der Waals surface area contributed by atoms with Gasteiger partial charge in [0.2, 0.25) is 5.91 Å². The van der Waals surface area contributed by atoms with E-state index in [1.165, 1.54) is 24.3 Å². The number of amides is 1. The first kappa shape index (κ1) is 15.4. The van der Waals surface area contributed by atoms with Crippen LogP contribution in [0.15, 0.2) is 24.3 Å². The molecule has 0 radical (unpaired) electrons. The molecule has 6 heteroatoms. The number of alkyl halides is 2. The molecule has 1 aromatic carbocycles. The van der Waals surface area contributed by atoms with Gasteiger partial charge >= 0.3 is 6.61 Å². The Hall–Kier alpha value is -1.69. The zero-order valence-electron chi connectivity index (χ0n) is 10.9. The first-order valence-electron chi connectivity index (χ1n) is 5.99. The fraction of sp³-hybridized carbons (Fsp3) is 0.462. The Morgan fingerprint density at radius 1 is 1.32 bits per heavy atom. The van der Waals surface area contributed by atoms with Crippen LogP contribution in [0.1, 0.15) is 20.3 Å². The molecule has 0 aromatic heterocycles. The number of hydrogen-bond acceptors (Lipinski definition) is 3. The summed E-state index contributed by atoms with van der Waals surface area (Å²) in [6.45, 7) is 1.09. The molecule has 1 aromatic rings. The topological polar surface area (TPSA) is 64.4 Å². The molecule has 3 N–H and O–H groups in total. The van der Waals surface area contributed by atoms with Crippen molar-refractivity contribution in [2.45, 2.75) is 32.9 Å². The van der Waals surface area contributed by atoms with Gasteiger partial charge in [0.25, 0.3) is 0 Å². The van der Waals surface area contributed by atoms with Crippen LogP contribution in [0.3, 0.4) is 0 Å². The summed E-state index contributed by atoms with van der Waals surface area (Å²) in [5.41, 5.74) is 6.22. The molecule has 0 unspecified atom stereocenters. The van der Waals surface area contributed by atoms with E-state index < -0.39 is 12.7 Å². The number of hydrogen-bond donors (Lipinski definition) is 2. The van der Waals surface area contributed by atoms with Crippen molar-refractivity contribution in [1.82, 2.24) is 0 Å². The van der Waals surface area contributed by atoms with Crippen LogP contribution in [0.4, 0.5) is 14.5 Å². The summed E-state index contributed by atoms with van der Waals surface area (Å²) in [6, 6.07) is 5.10. The van der Waals surface area contributed by atoms with E-state index >= 15 is 0 Å². The van der Waals surface area contributed by atoms with Gasteiger partial charge in [0.15, 0.2) is 0 Å². The second-order valence-electron chi connectivity index (χ2n) is 4.63. The summed E-state index contributed by atoms with van der Waals surface area (Å²) in [6.07, 6.45) is 0.582. The van der Waals surface area contributed by atoms with Gasteiger partial charge in [-0.2, -0.15) is 8.78 Å². The van der Waals surface area contributed by atoms with E-state index in [1.807, 2.05) is 13.8 Å². The highest BCUT2D eigenvalue weighted by Gasteiger charge is 2.15. The normalized spacial score (nSPS) is 12.6. The molecule has 0 heterocycles. The van der Waals surface area contributed by atoms with Crippen LogP contribution in [-0.2, 0) is 4.79 Å². The van der Waals surface area contributed by atoms with Crippen LogP contribution in [0.25, 0.3) is 0 Å². The van der Waals surface area contributed by atoms with Crippen molar-refractivity contribution in [2.24, 2.45) is 11.7 Å². The van der Waals surface area contributed by atoms with Crippen LogP contribution < -0.4 is 15.8 Å². The Bertz CT molecular complexity index is 408. The maximum Gasteiger partial charge on any atom is 0.387 e. The first-order valence-corrected chi connectivity index (χ1v) is 5.99. The van der Waals surface area contributed by atoms with E-state index in [0.29, 0.717) is 18.0 Å². The Morgan fingerprint density at radius 2 is 1.89 bits per heavy atom. The maximum absolute atomic E-state index is 11.9. The smallest absolute Gasteiger partial charge is 0.387 e. The van der Waals surface area contributed by atoms with E-state index in [4.69, 9.17) is 5.73 Å². The summed E-state index contributed by atoms with van der Waals surface area (Å²) in [5, 5.41) is 2.62. The average Bonchev–Trinajstić information content (AvgIpc) is 2.30. The number of rotatable bonds is 6. The predicted octanol–water partition coefficient (Wildman–Crippen LogP) is 2.60. The fourth-order valence-corrected chi connectivity index (χ4v) is 1.57.